The third-order valence-corrected chi connectivity index (χ3v) is 4.63. The van der Waals surface area contributed by atoms with Crippen LogP contribution < -0.4 is 5.32 Å². The van der Waals surface area contributed by atoms with E-state index in [1.807, 2.05) is 13.0 Å². The molecule has 0 bridgehead atoms. The van der Waals surface area contributed by atoms with E-state index in [9.17, 15) is 14.0 Å². The summed E-state index contributed by atoms with van der Waals surface area (Å²) in [5.74, 6) is -1.76. The van der Waals surface area contributed by atoms with E-state index in [0.29, 0.717) is 6.04 Å². The van der Waals surface area contributed by atoms with Gasteiger partial charge in [-0.25, -0.2) is 9.18 Å². The van der Waals surface area contributed by atoms with E-state index in [1.54, 1.807) is 12.1 Å². The minimum atomic E-state index is -1.04. The van der Waals surface area contributed by atoms with Gasteiger partial charge in [-0.15, -0.1) is 0 Å². The van der Waals surface area contributed by atoms with Gasteiger partial charge in [-0.05, 0) is 63.5 Å². The lowest BCUT2D eigenvalue weighted by Gasteiger charge is -2.12. The topological polar surface area (TPSA) is 60.3 Å². The van der Waals surface area contributed by atoms with Crippen LogP contribution in [-0.4, -0.2) is 22.5 Å². The van der Waals surface area contributed by atoms with Crippen molar-refractivity contribution in [3.05, 3.63) is 59.2 Å². The number of nitrogens with zero attached hydrogens (tertiary/aromatic N) is 1. The first-order valence-corrected chi connectivity index (χ1v) is 8.99. The number of ether oxygens (including phenoxy) is 1. The summed E-state index contributed by atoms with van der Waals surface area (Å²) in [7, 11) is 0. The number of rotatable bonds is 6. The Morgan fingerprint density at radius 3 is 2.67 bits per heavy atom. The zero-order valence-electron chi connectivity index (χ0n) is 15.7. The highest BCUT2D eigenvalue weighted by molar-refractivity contribution is 5.96. The lowest BCUT2D eigenvalue weighted by molar-refractivity contribution is -0.148. The minimum Gasteiger partial charge on any atom is -0.449 e. The fourth-order valence-corrected chi connectivity index (χ4v) is 3.09. The van der Waals surface area contributed by atoms with Gasteiger partial charge in [0, 0.05) is 23.5 Å². The Labute approximate surface area is 157 Å². The van der Waals surface area contributed by atoms with Crippen molar-refractivity contribution in [2.24, 2.45) is 0 Å². The summed E-state index contributed by atoms with van der Waals surface area (Å²) in [4.78, 5) is 24.1. The second-order valence-corrected chi connectivity index (χ2v) is 6.81. The van der Waals surface area contributed by atoms with Crippen LogP contribution >= 0.6 is 0 Å². The number of amides is 1. The predicted molar refractivity (Wildman–Crippen MR) is 102 cm³/mol. The van der Waals surface area contributed by atoms with Crippen LogP contribution in [0.2, 0.25) is 0 Å². The Kier molecular flexibility index (Phi) is 5.44. The molecule has 0 spiro atoms. The normalized spacial score (nSPS) is 15.0. The van der Waals surface area contributed by atoms with Gasteiger partial charge in [0.25, 0.3) is 5.91 Å². The monoisotopic (exact) mass is 370 g/mol. The van der Waals surface area contributed by atoms with Crippen LogP contribution in [0.5, 0.6) is 0 Å². The summed E-state index contributed by atoms with van der Waals surface area (Å²) in [6.45, 7) is 5.53. The summed E-state index contributed by atoms with van der Waals surface area (Å²) in [6.07, 6.45) is 4.35. The Bertz CT molecular complexity index is 897. The SMILES string of the molecule is Cc1cc(/C=C/C(=O)O[C@@H](C)C(=O)Nc2ccccc2F)c(C)n1C1CC1. The molecule has 1 amide bonds. The maximum Gasteiger partial charge on any atom is 0.331 e. The van der Waals surface area contributed by atoms with E-state index in [1.165, 1.54) is 49.7 Å². The molecule has 1 atom stereocenters. The molecule has 142 valence electrons. The van der Waals surface area contributed by atoms with Gasteiger partial charge in [0.05, 0.1) is 5.69 Å². The van der Waals surface area contributed by atoms with E-state index in [0.717, 1.165) is 11.3 Å². The number of benzene rings is 1. The molecule has 1 N–H and O–H groups in total. The standard InChI is InChI=1S/C21H23FN2O3/c1-13-12-16(14(2)24(13)17-9-10-17)8-11-20(25)27-15(3)21(26)23-19-7-5-4-6-18(19)22/h4-8,11-12,15,17H,9-10H2,1-3H3,(H,23,26)/b11-8+/t15-/m0/s1. The number of nitrogens with one attached hydrogen (secondary N) is 1. The largest absolute Gasteiger partial charge is 0.449 e. The van der Waals surface area contributed by atoms with Gasteiger partial charge >= 0.3 is 5.97 Å². The quantitative estimate of drug-likeness (QED) is 0.613. The Hall–Kier alpha value is -2.89. The second kappa shape index (κ2) is 7.78. The maximum absolute atomic E-state index is 13.6. The average molecular weight is 370 g/mol. The first-order valence-electron chi connectivity index (χ1n) is 8.99. The molecule has 2 aromatic rings. The Morgan fingerprint density at radius 2 is 2.00 bits per heavy atom. The molecule has 6 heteroatoms. The van der Waals surface area contributed by atoms with E-state index >= 15 is 0 Å². The van der Waals surface area contributed by atoms with Gasteiger partial charge in [-0.2, -0.15) is 0 Å². The predicted octanol–water partition coefficient (Wildman–Crippen LogP) is 4.16. The van der Waals surface area contributed by atoms with Gasteiger partial charge in [0.15, 0.2) is 6.10 Å². The van der Waals surface area contributed by atoms with Gasteiger partial charge in [-0.3, -0.25) is 4.79 Å². The van der Waals surface area contributed by atoms with Crippen LogP contribution in [0, 0.1) is 19.7 Å². The molecule has 3 rings (SSSR count). The number of aromatic nitrogens is 1. The van der Waals surface area contributed by atoms with Crippen molar-refractivity contribution in [2.75, 3.05) is 5.32 Å². The summed E-state index contributed by atoms with van der Waals surface area (Å²) >= 11 is 0. The van der Waals surface area contributed by atoms with Gasteiger partial charge in [0.2, 0.25) is 0 Å². The van der Waals surface area contributed by atoms with E-state index < -0.39 is 23.8 Å². The highest BCUT2D eigenvalue weighted by atomic mass is 19.1. The molecule has 1 aliphatic rings. The van der Waals surface area contributed by atoms with Crippen molar-refractivity contribution < 1.29 is 18.7 Å². The Balaban J connectivity index is 1.58. The van der Waals surface area contributed by atoms with Gasteiger partial charge in [-0.1, -0.05) is 12.1 Å². The van der Waals surface area contributed by atoms with Crippen molar-refractivity contribution >= 4 is 23.6 Å². The molecule has 0 saturated heterocycles. The smallest absolute Gasteiger partial charge is 0.331 e. The molecule has 0 unspecified atom stereocenters. The van der Waals surface area contributed by atoms with Crippen LogP contribution in [0.3, 0.4) is 0 Å². The average Bonchev–Trinajstić information content (AvgIpc) is 3.41. The number of para-hydroxylation sites is 1. The number of carbonyl (C=O) groups is 2. The first kappa shape index (κ1) is 18.9. The van der Waals surface area contributed by atoms with Crippen molar-refractivity contribution in [3.8, 4) is 0 Å². The highest BCUT2D eigenvalue weighted by Gasteiger charge is 2.26. The van der Waals surface area contributed by atoms with Crippen LogP contribution in [0.15, 0.2) is 36.4 Å². The fourth-order valence-electron chi connectivity index (χ4n) is 3.09. The zero-order valence-corrected chi connectivity index (χ0v) is 15.7. The third-order valence-electron chi connectivity index (χ3n) is 4.63. The molecular formula is C21H23FN2O3. The van der Waals surface area contributed by atoms with Crippen LogP contribution in [0.1, 0.15) is 42.8 Å². The van der Waals surface area contributed by atoms with Crippen molar-refractivity contribution in [2.45, 2.75) is 45.8 Å². The van der Waals surface area contributed by atoms with Gasteiger partial charge in [0.1, 0.15) is 5.82 Å². The zero-order chi connectivity index (χ0) is 19.6. The van der Waals surface area contributed by atoms with Crippen molar-refractivity contribution in [1.29, 1.82) is 0 Å². The molecule has 1 aromatic heterocycles. The molecule has 5 nitrogen and oxygen atoms in total. The number of hydrogen-bond donors (Lipinski definition) is 1. The van der Waals surface area contributed by atoms with Crippen LogP contribution in [-0.2, 0) is 14.3 Å². The molecule has 0 radical (unpaired) electrons. The lowest BCUT2D eigenvalue weighted by Crippen LogP contribution is -2.29. The summed E-state index contributed by atoms with van der Waals surface area (Å²) in [5, 5.41) is 2.41. The molecule has 1 heterocycles. The third kappa shape index (κ3) is 4.45. The summed E-state index contributed by atoms with van der Waals surface area (Å²) < 4.78 is 21.0. The summed E-state index contributed by atoms with van der Waals surface area (Å²) in [6, 6.07) is 8.42. The molecule has 27 heavy (non-hydrogen) atoms. The van der Waals surface area contributed by atoms with Gasteiger partial charge < -0.3 is 14.6 Å². The summed E-state index contributed by atoms with van der Waals surface area (Å²) in [5.41, 5.74) is 3.29. The number of aryl methyl sites for hydroxylation is 1. The van der Waals surface area contributed by atoms with Crippen LogP contribution in [0.25, 0.3) is 6.08 Å². The van der Waals surface area contributed by atoms with E-state index in [-0.39, 0.29) is 5.69 Å². The first-order chi connectivity index (χ1) is 12.9. The highest BCUT2D eigenvalue weighted by Crippen LogP contribution is 2.38. The molecule has 1 fully saturated rings. The van der Waals surface area contributed by atoms with Crippen molar-refractivity contribution in [3.63, 3.8) is 0 Å². The number of hydrogen-bond acceptors (Lipinski definition) is 3. The lowest BCUT2D eigenvalue weighted by atomic mass is 10.2. The minimum absolute atomic E-state index is 0.0495. The molecule has 1 aromatic carbocycles. The Morgan fingerprint density at radius 1 is 1.30 bits per heavy atom. The number of carbonyl (C=O) groups excluding carboxylic acids is 2. The number of halogens is 1. The maximum atomic E-state index is 13.6. The van der Waals surface area contributed by atoms with Crippen LogP contribution in [0.4, 0.5) is 10.1 Å². The molecule has 1 saturated carbocycles. The molecular weight excluding hydrogens is 347 g/mol. The fraction of sp³-hybridized carbons (Fsp3) is 0.333. The van der Waals surface area contributed by atoms with E-state index in [4.69, 9.17) is 4.74 Å². The van der Waals surface area contributed by atoms with Crippen molar-refractivity contribution in [1.82, 2.24) is 4.57 Å². The molecule has 0 aliphatic heterocycles. The number of anilines is 1. The molecule has 1 aliphatic carbocycles. The second-order valence-electron chi connectivity index (χ2n) is 6.81. The van der Waals surface area contributed by atoms with E-state index in [2.05, 4.69) is 16.8 Å². The number of esters is 1.